The molecule has 0 unspecified atom stereocenters. The Balaban J connectivity index is 2.51. The van der Waals surface area contributed by atoms with Crippen LogP contribution in [0, 0.1) is 0 Å². The van der Waals surface area contributed by atoms with Crippen LogP contribution in [0.15, 0.2) is 12.4 Å². The summed E-state index contributed by atoms with van der Waals surface area (Å²) in [7, 11) is 0. The second-order valence-electron chi connectivity index (χ2n) is 3.16. The lowest BCUT2D eigenvalue weighted by Crippen LogP contribution is -2.02. The lowest BCUT2D eigenvalue weighted by molar-refractivity contribution is 0.0690. The molecular weight excluding hydrogens is 180 g/mol. The summed E-state index contributed by atoms with van der Waals surface area (Å²) >= 11 is 0. The van der Waals surface area contributed by atoms with Crippen LogP contribution in [-0.4, -0.2) is 21.0 Å². The molecule has 4 nitrogen and oxygen atoms in total. The van der Waals surface area contributed by atoms with E-state index in [1.54, 1.807) is 6.20 Å². The van der Waals surface area contributed by atoms with E-state index in [2.05, 4.69) is 16.9 Å². The average molecular weight is 194 g/mol. The molecule has 76 valence electrons. The van der Waals surface area contributed by atoms with Gasteiger partial charge in [-0.3, -0.25) is 4.98 Å². The van der Waals surface area contributed by atoms with Gasteiger partial charge in [-0.05, 0) is 12.8 Å². The number of aryl methyl sites for hydroxylation is 1. The van der Waals surface area contributed by atoms with Crippen molar-refractivity contribution < 1.29 is 9.90 Å². The van der Waals surface area contributed by atoms with Crippen LogP contribution in [-0.2, 0) is 6.42 Å². The third-order valence-electron chi connectivity index (χ3n) is 1.96. The highest BCUT2D eigenvalue weighted by Gasteiger charge is 2.04. The molecule has 0 saturated heterocycles. The van der Waals surface area contributed by atoms with E-state index < -0.39 is 5.97 Å². The number of unbranched alkanes of at least 4 members (excludes halogenated alkanes) is 2. The molecule has 0 bridgehead atoms. The maximum absolute atomic E-state index is 10.5. The van der Waals surface area contributed by atoms with Crippen molar-refractivity contribution in [1.82, 2.24) is 9.97 Å². The van der Waals surface area contributed by atoms with E-state index >= 15 is 0 Å². The second kappa shape index (κ2) is 5.32. The third kappa shape index (κ3) is 3.12. The highest BCUT2D eigenvalue weighted by molar-refractivity contribution is 5.84. The molecule has 1 heterocycles. The number of carbonyl (C=O) groups is 1. The van der Waals surface area contributed by atoms with Gasteiger partial charge in [-0.1, -0.05) is 19.8 Å². The van der Waals surface area contributed by atoms with Crippen molar-refractivity contribution in [1.29, 1.82) is 0 Å². The van der Waals surface area contributed by atoms with Crippen LogP contribution in [0.25, 0.3) is 0 Å². The maximum Gasteiger partial charge on any atom is 0.356 e. The fourth-order valence-corrected chi connectivity index (χ4v) is 1.15. The normalized spacial score (nSPS) is 10.1. The Labute approximate surface area is 83.0 Å². The van der Waals surface area contributed by atoms with Gasteiger partial charge in [0.05, 0.1) is 11.9 Å². The topological polar surface area (TPSA) is 63.1 Å². The zero-order valence-electron chi connectivity index (χ0n) is 8.23. The molecule has 14 heavy (non-hydrogen) atoms. The van der Waals surface area contributed by atoms with Crippen LogP contribution >= 0.6 is 0 Å². The van der Waals surface area contributed by atoms with E-state index in [1.165, 1.54) is 19.0 Å². The monoisotopic (exact) mass is 194 g/mol. The SMILES string of the molecule is CCCCCc1cnc(C(=O)O)cn1. The predicted molar refractivity (Wildman–Crippen MR) is 52.2 cm³/mol. The summed E-state index contributed by atoms with van der Waals surface area (Å²) in [5, 5.41) is 8.59. The number of rotatable bonds is 5. The first-order valence-electron chi connectivity index (χ1n) is 4.78. The van der Waals surface area contributed by atoms with E-state index in [9.17, 15) is 4.79 Å². The molecule has 0 amide bonds. The molecule has 0 fully saturated rings. The van der Waals surface area contributed by atoms with Crippen molar-refractivity contribution in [3.05, 3.63) is 23.8 Å². The van der Waals surface area contributed by atoms with Gasteiger partial charge in [-0.15, -0.1) is 0 Å². The molecule has 1 N–H and O–H groups in total. The molecule has 1 rings (SSSR count). The lowest BCUT2D eigenvalue weighted by atomic mass is 10.2. The summed E-state index contributed by atoms with van der Waals surface area (Å²) in [4.78, 5) is 18.3. The fourth-order valence-electron chi connectivity index (χ4n) is 1.15. The quantitative estimate of drug-likeness (QED) is 0.727. The molecule has 0 aliphatic heterocycles. The molecule has 0 aliphatic carbocycles. The van der Waals surface area contributed by atoms with Gasteiger partial charge in [-0.25, -0.2) is 9.78 Å². The summed E-state index contributed by atoms with van der Waals surface area (Å²) < 4.78 is 0. The van der Waals surface area contributed by atoms with Crippen LogP contribution in [0.1, 0.15) is 42.4 Å². The molecule has 0 radical (unpaired) electrons. The van der Waals surface area contributed by atoms with Gasteiger partial charge in [0.25, 0.3) is 0 Å². The molecule has 0 atom stereocenters. The summed E-state index contributed by atoms with van der Waals surface area (Å²) in [6.45, 7) is 2.14. The van der Waals surface area contributed by atoms with Gasteiger partial charge >= 0.3 is 5.97 Å². The minimum Gasteiger partial charge on any atom is -0.476 e. The zero-order valence-corrected chi connectivity index (χ0v) is 8.23. The summed E-state index contributed by atoms with van der Waals surface area (Å²) in [5.74, 6) is -1.03. The highest BCUT2D eigenvalue weighted by Crippen LogP contribution is 2.03. The maximum atomic E-state index is 10.5. The minimum absolute atomic E-state index is 0.00393. The second-order valence-corrected chi connectivity index (χ2v) is 3.16. The summed E-state index contributed by atoms with van der Waals surface area (Å²) in [5.41, 5.74) is 0.868. The Morgan fingerprint density at radius 2 is 2.14 bits per heavy atom. The molecule has 1 aromatic heterocycles. The first kappa shape index (κ1) is 10.6. The molecule has 0 aromatic carbocycles. The van der Waals surface area contributed by atoms with Gasteiger partial charge in [0.15, 0.2) is 5.69 Å². The highest BCUT2D eigenvalue weighted by atomic mass is 16.4. The Morgan fingerprint density at radius 3 is 2.64 bits per heavy atom. The minimum atomic E-state index is -1.03. The largest absolute Gasteiger partial charge is 0.476 e. The molecule has 4 heteroatoms. The zero-order chi connectivity index (χ0) is 10.4. The number of hydrogen-bond donors (Lipinski definition) is 1. The third-order valence-corrected chi connectivity index (χ3v) is 1.96. The standard InChI is InChI=1S/C10H14N2O2/c1-2-3-4-5-8-6-12-9(7-11-8)10(13)14/h6-7H,2-5H2,1H3,(H,13,14). The van der Waals surface area contributed by atoms with E-state index in [-0.39, 0.29) is 5.69 Å². The van der Waals surface area contributed by atoms with E-state index in [0.717, 1.165) is 18.5 Å². The van der Waals surface area contributed by atoms with Gasteiger partial charge in [0, 0.05) is 6.20 Å². The first-order chi connectivity index (χ1) is 6.74. The van der Waals surface area contributed by atoms with Gasteiger partial charge in [0.2, 0.25) is 0 Å². The van der Waals surface area contributed by atoms with Crippen LogP contribution < -0.4 is 0 Å². The number of carboxylic acid groups (broad SMARTS) is 1. The molecular formula is C10H14N2O2. The lowest BCUT2D eigenvalue weighted by Gasteiger charge is -1.99. The van der Waals surface area contributed by atoms with E-state index in [1.807, 2.05) is 0 Å². The number of carboxylic acids is 1. The number of aromatic carboxylic acids is 1. The Bertz CT molecular complexity index is 295. The molecule has 0 saturated carbocycles. The number of hydrogen-bond acceptors (Lipinski definition) is 3. The van der Waals surface area contributed by atoms with E-state index in [4.69, 9.17) is 5.11 Å². The Hall–Kier alpha value is -1.45. The first-order valence-corrected chi connectivity index (χ1v) is 4.78. The summed E-state index contributed by atoms with van der Waals surface area (Å²) in [6, 6.07) is 0. The van der Waals surface area contributed by atoms with Crippen molar-refractivity contribution in [3.8, 4) is 0 Å². The van der Waals surface area contributed by atoms with Crippen LogP contribution in [0.5, 0.6) is 0 Å². The summed E-state index contributed by atoms with van der Waals surface area (Å²) in [6.07, 6.45) is 7.14. The fraction of sp³-hybridized carbons (Fsp3) is 0.500. The van der Waals surface area contributed by atoms with E-state index in [0.29, 0.717) is 0 Å². The smallest absolute Gasteiger partial charge is 0.356 e. The van der Waals surface area contributed by atoms with Crippen LogP contribution in [0.4, 0.5) is 0 Å². The Morgan fingerprint density at radius 1 is 1.36 bits per heavy atom. The van der Waals surface area contributed by atoms with Gasteiger partial charge in [-0.2, -0.15) is 0 Å². The number of nitrogens with zero attached hydrogens (tertiary/aromatic N) is 2. The predicted octanol–water partition coefficient (Wildman–Crippen LogP) is 1.91. The molecule has 0 aliphatic rings. The average Bonchev–Trinajstić information content (AvgIpc) is 2.19. The number of aromatic nitrogens is 2. The van der Waals surface area contributed by atoms with Crippen LogP contribution in [0.3, 0.4) is 0 Å². The molecule has 0 spiro atoms. The van der Waals surface area contributed by atoms with Crippen molar-refractivity contribution in [2.75, 3.05) is 0 Å². The van der Waals surface area contributed by atoms with Crippen molar-refractivity contribution in [2.45, 2.75) is 32.6 Å². The van der Waals surface area contributed by atoms with Crippen molar-refractivity contribution in [2.24, 2.45) is 0 Å². The Kier molecular flexibility index (Phi) is 4.04. The van der Waals surface area contributed by atoms with Gasteiger partial charge in [0.1, 0.15) is 0 Å². The van der Waals surface area contributed by atoms with Crippen molar-refractivity contribution in [3.63, 3.8) is 0 Å². The van der Waals surface area contributed by atoms with Crippen molar-refractivity contribution >= 4 is 5.97 Å². The van der Waals surface area contributed by atoms with Gasteiger partial charge < -0.3 is 5.11 Å². The van der Waals surface area contributed by atoms with Crippen LogP contribution in [0.2, 0.25) is 0 Å². The molecule has 1 aromatic rings.